The molecule has 3 heterocycles. The smallest absolute Gasteiger partial charge is 0.325 e. The molecule has 48 heavy (non-hydrogen) atoms. The van der Waals surface area contributed by atoms with Crippen LogP contribution in [0.2, 0.25) is 0 Å². The fraction of sp³-hybridized carbons (Fsp3) is 0.417. The first-order valence-corrected chi connectivity index (χ1v) is 16.5. The van der Waals surface area contributed by atoms with Gasteiger partial charge in [0, 0.05) is 43.0 Å². The predicted octanol–water partition coefficient (Wildman–Crippen LogP) is 3.84. The summed E-state index contributed by atoms with van der Waals surface area (Å²) in [5.74, 6) is -0.416. The van der Waals surface area contributed by atoms with Gasteiger partial charge in [0.1, 0.15) is 12.1 Å². The number of benzene rings is 3. The van der Waals surface area contributed by atoms with Crippen molar-refractivity contribution in [2.24, 2.45) is 0 Å². The number of nitrogens with zero attached hydrogens (tertiary/aromatic N) is 2. The summed E-state index contributed by atoms with van der Waals surface area (Å²) in [6.07, 6.45) is 1.05. The lowest BCUT2D eigenvalue weighted by molar-refractivity contribution is -0.253. The number of ether oxygens (including phenoxy) is 3. The Hall–Kier alpha value is -4.49. The Balaban J connectivity index is 1.12. The largest absolute Gasteiger partial charge is 0.465 e. The monoisotopic (exact) mass is 657 g/mol. The highest BCUT2D eigenvalue weighted by Crippen LogP contribution is 2.40. The van der Waals surface area contributed by atoms with E-state index in [9.17, 15) is 19.5 Å². The molecule has 3 fully saturated rings. The molecule has 0 unspecified atom stereocenters. The molecular formula is C36H43N5O7. The summed E-state index contributed by atoms with van der Waals surface area (Å²) in [6.45, 7) is 4.42. The van der Waals surface area contributed by atoms with E-state index in [2.05, 4.69) is 37.9 Å². The van der Waals surface area contributed by atoms with Crippen molar-refractivity contribution in [3.05, 3.63) is 95.6 Å². The third-order valence-corrected chi connectivity index (χ3v) is 9.30. The van der Waals surface area contributed by atoms with Crippen LogP contribution >= 0.6 is 0 Å². The summed E-state index contributed by atoms with van der Waals surface area (Å²) >= 11 is 0. The average Bonchev–Trinajstić information content (AvgIpc) is 3.43. The Morgan fingerprint density at radius 1 is 0.979 bits per heavy atom. The maximum Gasteiger partial charge on any atom is 0.325 e. The predicted molar refractivity (Wildman–Crippen MR) is 179 cm³/mol. The first-order chi connectivity index (χ1) is 23.4. The van der Waals surface area contributed by atoms with Crippen molar-refractivity contribution in [3.8, 4) is 0 Å². The lowest BCUT2D eigenvalue weighted by Gasteiger charge is -2.45. The number of hydrogen-bond acceptors (Lipinski definition) is 9. The maximum absolute atomic E-state index is 13.2. The Morgan fingerprint density at radius 2 is 1.69 bits per heavy atom. The van der Waals surface area contributed by atoms with Gasteiger partial charge in [0.05, 0.1) is 32.1 Å². The van der Waals surface area contributed by atoms with E-state index in [0.717, 1.165) is 35.5 Å². The van der Waals surface area contributed by atoms with Crippen molar-refractivity contribution < 1.29 is 33.7 Å². The van der Waals surface area contributed by atoms with Gasteiger partial charge < -0.3 is 45.1 Å². The van der Waals surface area contributed by atoms with Crippen molar-refractivity contribution >= 4 is 29.3 Å². The van der Waals surface area contributed by atoms with Crippen LogP contribution in [-0.2, 0) is 30.4 Å². The molecule has 3 aliphatic rings. The number of anilines is 2. The second-order valence-corrected chi connectivity index (χ2v) is 12.3. The number of nitrogens with one attached hydrogen (secondary N) is 3. The first-order valence-electron chi connectivity index (χ1n) is 16.5. The first kappa shape index (κ1) is 33.4. The summed E-state index contributed by atoms with van der Waals surface area (Å²) in [7, 11) is 0. The second kappa shape index (κ2) is 15.2. The Kier molecular flexibility index (Phi) is 10.6. The molecule has 12 heteroatoms. The molecule has 254 valence electrons. The van der Waals surface area contributed by atoms with Gasteiger partial charge in [-0.1, -0.05) is 54.6 Å². The minimum Gasteiger partial charge on any atom is -0.465 e. The van der Waals surface area contributed by atoms with E-state index in [-0.39, 0.29) is 37.9 Å². The molecule has 6 rings (SSSR count). The molecule has 0 aliphatic carbocycles. The number of rotatable bonds is 10. The van der Waals surface area contributed by atoms with Gasteiger partial charge in [-0.05, 0) is 55.2 Å². The zero-order valence-corrected chi connectivity index (χ0v) is 27.1. The van der Waals surface area contributed by atoms with E-state index >= 15 is 0 Å². The molecular weight excluding hydrogens is 614 g/mol. The van der Waals surface area contributed by atoms with Crippen LogP contribution in [0.15, 0.2) is 78.9 Å². The highest BCUT2D eigenvalue weighted by atomic mass is 16.7. The normalized spacial score (nSPS) is 22.2. The van der Waals surface area contributed by atoms with Gasteiger partial charge in [0.15, 0.2) is 6.29 Å². The van der Waals surface area contributed by atoms with Gasteiger partial charge in [-0.2, -0.15) is 0 Å². The fourth-order valence-corrected chi connectivity index (χ4v) is 6.72. The van der Waals surface area contributed by atoms with Crippen LogP contribution in [0.4, 0.5) is 16.2 Å². The molecule has 1 spiro atoms. The summed E-state index contributed by atoms with van der Waals surface area (Å²) in [6, 6.07) is 24.6. The lowest BCUT2D eigenvalue weighted by Crippen LogP contribution is -2.57. The van der Waals surface area contributed by atoms with E-state index in [1.54, 1.807) is 19.1 Å². The highest BCUT2D eigenvalue weighted by Gasteiger charge is 2.50. The Bertz CT molecular complexity index is 1550. The fourth-order valence-electron chi connectivity index (χ4n) is 6.72. The number of aliphatic hydroxyl groups excluding tert-OH is 1. The summed E-state index contributed by atoms with van der Waals surface area (Å²) in [5, 5.41) is 17.8. The molecule has 3 aliphatic heterocycles. The van der Waals surface area contributed by atoms with E-state index in [1.807, 2.05) is 54.6 Å². The molecule has 0 radical (unpaired) electrons. The number of urea groups is 1. The number of likely N-dealkylation sites (tertiary alicyclic amines) is 1. The van der Waals surface area contributed by atoms with Crippen molar-refractivity contribution in [1.29, 1.82) is 0 Å². The molecule has 0 aromatic heterocycles. The number of carbonyl (C=O) groups excluding carboxylic acids is 3. The van der Waals surface area contributed by atoms with Gasteiger partial charge in [-0.25, -0.2) is 4.79 Å². The van der Waals surface area contributed by atoms with E-state index in [0.29, 0.717) is 38.2 Å². The number of esters is 1. The van der Waals surface area contributed by atoms with E-state index < -0.39 is 23.8 Å². The zero-order valence-electron chi connectivity index (χ0n) is 27.1. The number of aliphatic hydroxyl groups is 1. The highest BCUT2D eigenvalue weighted by molar-refractivity contribution is 5.93. The number of amides is 3. The van der Waals surface area contributed by atoms with Crippen LogP contribution in [0.25, 0.3) is 0 Å². The van der Waals surface area contributed by atoms with Crippen LogP contribution in [0.3, 0.4) is 0 Å². The third-order valence-electron chi connectivity index (χ3n) is 9.30. The van der Waals surface area contributed by atoms with Crippen LogP contribution in [0, 0.1) is 0 Å². The van der Waals surface area contributed by atoms with Crippen molar-refractivity contribution in [2.75, 3.05) is 49.7 Å². The topological polar surface area (TPSA) is 142 Å². The quantitative estimate of drug-likeness (QED) is 0.240. The van der Waals surface area contributed by atoms with Gasteiger partial charge in [0.2, 0.25) is 5.91 Å². The Morgan fingerprint density at radius 3 is 2.38 bits per heavy atom. The van der Waals surface area contributed by atoms with Crippen LogP contribution in [0.5, 0.6) is 0 Å². The van der Waals surface area contributed by atoms with Crippen molar-refractivity contribution in [3.63, 3.8) is 0 Å². The van der Waals surface area contributed by atoms with Crippen molar-refractivity contribution in [1.82, 2.24) is 15.5 Å². The molecule has 3 atom stereocenters. The SMILES string of the molecule is CCOC(=O)CNC(=O)Nc1ccc([C@H]2O[C@@H](CN3CCC4(CC3)C(=O)NCN4c3ccccc3)C[C@@H](c3ccc(CO)cc3)O2)cc1. The second-order valence-electron chi connectivity index (χ2n) is 12.3. The molecule has 0 saturated carbocycles. The van der Waals surface area contributed by atoms with E-state index in [4.69, 9.17) is 14.2 Å². The standard InChI is InChI=1S/C36H43N5O7/c1-2-46-32(43)21-37-35(45)39-28-14-12-27(13-15-28)33-47-30(20-31(48-33)26-10-8-25(23-42)9-11-26)22-40-18-16-36(17-19-40)34(44)38-24-41(36)29-6-4-3-5-7-29/h3-15,30-31,33,42H,2,16-24H2,1H3,(H,38,44)(H2,37,39,45)/t30-,31+,33+/m1/s1. The lowest BCUT2D eigenvalue weighted by atomic mass is 9.85. The summed E-state index contributed by atoms with van der Waals surface area (Å²) < 4.78 is 17.9. The minimum absolute atomic E-state index is 0.0302. The molecule has 4 N–H and O–H groups in total. The third kappa shape index (κ3) is 7.63. The van der Waals surface area contributed by atoms with Gasteiger partial charge in [-0.3, -0.25) is 9.59 Å². The minimum atomic E-state index is -0.650. The summed E-state index contributed by atoms with van der Waals surface area (Å²) in [5.41, 5.74) is 3.67. The number of hydrogen-bond donors (Lipinski definition) is 4. The number of carbonyl (C=O) groups is 3. The summed E-state index contributed by atoms with van der Waals surface area (Å²) in [4.78, 5) is 41.6. The maximum atomic E-state index is 13.2. The van der Waals surface area contributed by atoms with Crippen LogP contribution in [0.1, 0.15) is 55.3 Å². The molecule has 3 aromatic carbocycles. The average molecular weight is 658 g/mol. The van der Waals surface area contributed by atoms with E-state index in [1.165, 1.54) is 0 Å². The molecule has 3 aromatic rings. The molecule has 12 nitrogen and oxygen atoms in total. The van der Waals surface area contributed by atoms with Gasteiger partial charge >= 0.3 is 12.0 Å². The van der Waals surface area contributed by atoms with Gasteiger partial charge in [0.25, 0.3) is 0 Å². The Labute approximate surface area is 280 Å². The number of para-hydroxylation sites is 1. The van der Waals surface area contributed by atoms with Crippen molar-refractivity contribution in [2.45, 2.75) is 56.8 Å². The van der Waals surface area contributed by atoms with Crippen LogP contribution < -0.4 is 20.9 Å². The van der Waals surface area contributed by atoms with Crippen LogP contribution in [-0.4, -0.2) is 79.0 Å². The van der Waals surface area contributed by atoms with Gasteiger partial charge in [-0.15, -0.1) is 0 Å². The molecule has 0 bridgehead atoms. The molecule has 3 amide bonds. The molecule has 3 saturated heterocycles. The number of piperidine rings is 1. The zero-order chi connectivity index (χ0) is 33.5.